The van der Waals surface area contributed by atoms with Crippen molar-refractivity contribution in [2.45, 2.75) is 31.8 Å². The van der Waals surface area contributed by atoms with Crippen molar-refractivity contribution in [1.82, 2.24) is 10.6 Å². The van der Waals surface area contributed by atoms with Crippen LogP contribution >= 0.6 is 12.6 Å². The molecule has 0 bridgehead atoms. The number of hydrogen-bond donors (Lipinski definition) is 3. The van der Waals surface area contributed by atoms with Crippen molar-refractivity contribution in [2.75, 3.05) is 17.3 Å². The lowest BCUT2D eigenvalue weighted by atomic mass is 10.1. The van der Waals surface area contributed by atoms with Crippen molar-refractivity contribution < 1.29 is 18.0 Å². The van der Waals surface area contributed by atoms with Crippen molar-refractivity contribution >= 4 is 34.3 Å². The Bertz CT molecular complexity index is 422. The van der Waals surface area contributed by atoms with Crippen LogP contribution in [0.1, 0.15) is 19.8 Å². The summed E-state index contributed by atoms with van der Waals surface area (Å²) in [4.78, 5) is 22.7. The van der Waals surface area contributed by atoms with E-state index in [1.54, 1.807) is 0 Å². The van der Waals surface area contributed by atoms with Gasteiger partial charge < -0.3 is 10.6 Å². The Kier molecular flexibility index (Phi) is 5.46. The van der Waals surface area contributed by atoms with Crippen LogP contribution in [0.3, 0.4) is 0 Å². The van der Waals surface area contributed by atoms with E-state index in [2.05, 4.69) is 23.3 Å². The minimum atomic E-state index is -3.05. The van der Waals surface area contributed by atoms with Gasteiger partial charge in [-0.05, 0) is 12.8 Å². The molecule has 1 fully saturated rings. The van der Waals surface area contributed by atoms with Gasteiger partial charge in [-0.2, -0.15) is 12.6 Å². The molecule has 8 heteroatoms. The van der Waals surface area contributed by atoms with Gasteiger partial charge >= 0.3 is 0 Å². The summed E-state index contributed by atoms with van der Waals surface area (Å²) in [5.74, 6) is -0.382. The first kappa shape index (κ1) is 15.3. The fraction of sp³-hybridized carbons (Fsp3) is 0.800. The number of rotatable bonds is 4. The zero-order valence-electron chi connectivity index (χ0n) is 10.2. The lowest BCUT2D eigenvalue weighted by Crippen LogP contribution is -2.52. The molecule has 1 saturated heterocycles. The Morgan fingerprint density at radius 2 is 2.11 bits per heavy atom. The lowest BCUT2D eigenvalue weighted by Gasteiger charge is -2.25. The van der Waals surface area contributed by atoms with Crippen LogP contribution in [0, 0.1) is 0 Å². The number of carbonyl (C=O) groups excluding carboxylic acids is 2. The summed E-state index contributed by atoms with van der Waals surface area (Å²) in [6.07, 6.45) is 1.20. The van der Waals surface area contributed by atoms with Gasteiger partial charge in [0.1, 0.15) is 6.04 Å². The van der Waals surface area contributed by atoms with E-state index >= 15 is 0 Å². The molecule has 1 aliphatic heterocycles. The van der Waals surface area contributed by atoms with Gasteiger partial charge in [0.2, 0.25) is 11.8 Å². The van der Waals surface area contributed by atoms with E-state index in [0.717, 1.165) is 0 Å². The van der Waals surface area contributed by atoms with Crippen LogP contribution in [0.4, 0.5) is 0 Å². The number of carbonyl (C=O) groups is 2. The number of nitrogens with one attached hydrogen (secondary N) is 2. The predicted molar refractivity (Wildman–Crippen MR) is 71.3 cm³/mol. The third-order valence-electron chi connectivity index (χ3n) is 2.69. The summed E-state index contributed by atoms with van der Waals surface area (Å²) < 4.78 is 22.8. The molecule has 18 heavy (non-hydrogen) atoms. The van der Waals surface area contributed by atoms with E-state index in [-0.39, 0.29) is 35.1 Å². The number of thiol groups is 1. The molecule has 0 spiro atoms. The summed E-state index contributed by atoms with van der Waals surface area (Å²) in [5, 5.41) is 5.11. The Balaban J connectivity index is 2.55. The molecule has 0 aromatic rings. The van der Waals surface area contributed by atoms with Crippen LogP contribution in [0.25, 0.3) is 0 Å². The number of amides is 2. The van der Waals surface area contributed by atoms with E-state index in [0.29, 0.717) is 12.8 Å². The van der Waals surface area contributed by atoms with E-state index in [9.17, 15) is 18.0 Å². The maximum absolute atomic E-state index is 11.8. The molecule has 0 aromatic heterocycles. The zero-order chi connectivity index (χ0) is 13.8. The van der Waals surface area contributed by atoms with Crippen molar-refractivity contribution in [3.8, 4) is 0 Å². The molecule has 104 valence electrons. The SMILES string of the molecule is CC(=O)NC(CS)C(=O)NC1CCCS(=O)(=O)C1. The molecule has 2 atom stereocenters. The van der Waals surface area contributed by atoms with Gasteiger partial charge in [-0.15, -0.1) is 0 Å². The summed E-state index contributed by atoms with van der Waals surface area (Å²) in [6.45, 7) is 1.31. The number of sulfone groups is 1. The molecular formula is C10H18N2O4S2. The molecule has 1 heterocycles. The third kappa shape index (κ3) is 4.85. The lowest BCUT2D eigenvalue weighted by molar-refractivity contribution is -0.127. The largest absolute Gasteiger partial charge is 0.351 e. The van der Waals surface area contributed by atoms with Gasteiger partial charge in [-0.25, -0.2) is 8.42 Å². The standard InChI is InChI=1S/C10H18N2O4S2/c1-7(13)11-9(5-17)10(14)12-8-3-2-4-18(15,16)6-8/h8-9,17H,2-6H2,1H3,(H,11,13)(H,12,14). The summed E-state index contributed by atoms with van der Waals surface area (Å²) in [5.41, 5.74) is 0. The van der Waals surface area contributed by atoms with Crippen molar-refractivity contribution in [1.29, 1.82) is 0 Å². The van der Waals surface area contributed by atoms with Gasteiger partial charge in [0, 0.05) is 18.7 Å². The Hall–Kier alpha value is -0.760. The van der Waals surface area contributed by atoms with Crippen LogP contribution in [-0.2, 0) is 19.4 Å². The quantitative estimate of drug-likeness (QED) is 0.587. The van der Waals surface area contributed by atoms with Gasteiger partial charge in [-0.1, -0.05) is 0 Å². The second-order valence-corrected chi connectivity index (χ2v) is 6.99. The van der Waals surface area contributed by atoms with Gasteiger partial charge in [0.25, 0.3) is 0 Å². The second kappa shape index (κ2) is 6.42. The normalized spacial score (nSPS) is 24.0. The fourth-order valence-electron chi connectivity index (χ4n) is 1.88. The van der Waals surface area contributed by atoms with Crippen molar-refractivity contribution in [3.05, 3.63) is 0 Å². The summed E-state index contributed by atoms with van der Waals surface area (Å²) >= 11 is 3.99. The zero-order valence-corrected chi connectivity index (χ0v) is 11.9. The maximum atomic E-state index is 11.8. The molecule has 0 aromatic carbocycles. The fourth-order valence-corrected chi connectivity index (χ4v) is 3.77. The van der Waals surface area contributed by atoms with Crippen molar-refractivity contribution in [2.24, 2.45) is 0 Å². The Morgan fingerprint density at radius 1 is 1.44 bits per heavy atom. The van der Waals surface area contributed by atoms with Gasteiger partial charge in [0.15, 0.2) is 9.84 Å². The molecule has 0 radical (unpaired) electrons. The summed E-state index contributed by atoms with van der Waals surface area (Å²) in [7, 11) is -3.05. The molecular weight excluding hydrogens is 276 g/mol. The highest BCUT2D eigenvalue weighted by molar-refractivity contribution is 7.91. The molecule has 0 aliphatic carbocycles. The van der Waals surface area contributed by atoms with Crippen LogP contribution in [0.15, 0.2) is 0 Å². The molecule has 2 unspecified atom stereocenters. The predicted octanol–water partition coefficient (Wildman–Crippen LogP) is -0.886. The highest BCUT2D eigenvalue weighted by atomic mass is 32.2. The second-order valence-electron chi connectivity index (χ2n) is 4.40. The van der Waals surface area contributed by atoms with E-state index in [1.165, 1.54) is 6.92 Å². The monoisotopic (exact) mass is 294 g/mol. The topological polar surface area (TPSA) is 92.3 Å². The van der Waals surface area contributed by atoms with Crippen molar-refractivity contribution in [3.63, 3.8) is 0 Å². The van der Waals surface area contributed by atoms with E-state index in [1.807, 2.05) is 0 Å². The van der Waals surface area contributed by atoms with Gasteiger partial charge in [-0.3, -0.25) is 9.59 Å². The van der Waals surface area contributed by atoms with Crippen LogP contribution < -0.4 is 10.6 Å². The molecule has 0 saturated carbocycles. The third-order valence-corrected chi connectivity index (χ3v) is 4.87. The first-order valence-corrected chi connectivity index (χ1v) is 8.18. The first-order valence-electron chi connectivity index (χ1n) is 5.73. The molecule has 2 N–H and O–H groups in total. The smallest absolute Gasteiger partial charge is 0.243 e. The highest BCUT2D eigenvalue weighted by Gasteiger charge is 2.28. The molecule has 6 nitrogen and oxygen atoms in total. The highest BCUT2D eigenvalue weighted by Crippen LogP contribution is 2.12. The Morgan fingerprint density at radius 3 is 2.61 bits per heavy atom. The van der Waals surface area contributed by atoms with E-state index < -0.39 is 15.9 Å². The first-order chi connectivity index (χ1) is 8.34. The molecule has 1 aliphatic rings. The molecule has 1 rings (SSSR count). The maximum Gasteiger partial charge on any atom is 0.243 e. The van der Waals surface area contributed by atoms with Gasteiger partial charge in [0.05, 0.1) is 11.5 Å². The number of hydrogen-bond acceptors (Lipinski definition) is 5. The van der Waals surface area contributed by atoms with E-state index in [4.69, 9.17) is 0 Å². The van der Waals surface area contributed by atoms with Crippen LogP contribution in [0.2, 0.25) is 0 Å². The summed E-state index contributed by atoms with van der Waals surface area (Å²) in [6, 6.07) is -1.09. The Labute approximate surface area is 112 Å². The molecule has 2 amide bonds. The average Bonchev–Trinajstić information content (AvgIpc) is 2.23. The minimum Gasteiger partial charge on any atom is -0.351 e. The average molecular weight is 294 g/mol. The minimum absolute atomic E-state index is 0.0297. The van der Waals surface area contributed by atoms with Crippen LogP contribution in [0.5, 0.6) is 0 Å². The van der Waals surface area contributed by atoms with Crippen LogP contribution in [-0.4, -0.2) is 49.6 Å².